The van der Waals surface area contributed by atoms with Gasteiger partial charge in [0.05, 0.1) is 17.1 Å². The van der Waals surface area contributed by atoms with Crippen molar-refractivity contribution in [2.75, 3.05) is 5.32 Å². The van der Waals surface area contributed by atoms with E-state index in [1.54, 1.807) is 0 Å². The molecule has 1 atom stereocenters. The second kappa shape index (κ2) is 6.13. The Kier molecular flexibility index (Phi) is 4.06. The van der Waals surface area contributed by atoms with Gasteiger partial charge in [-0.1, -0.05) is 37.5 Å². The average Bonchev–Trinajstić information content (AvgIpc) is 2.55. The molecule has 0 bridgehead atoms. The average molecular weight is 279 g/mol. The van der Waals surface area contributed by atoms with E-state index in [0.29, 0.717) is 11.6 Å². The third kappa shape index (κ3) is 3.00. The maximum atomic E-state index is 9.34. The van der Waals surface area contributed by atoms with Crippen LogP contribution in [0.2, 0.25) is 0 Å². The van der Waals surface area contributed by atoms with E-state index in [0.717, 1.165) is 22.6 Å². The standard InChI is InChI=1S/C18H21N3/c1-13(14-7-3-2-4-8-14)20-18-11-15(12-19)16-9-5-6-10-17(16)21-18/h5-6,9-11,13-14H,2-4,7-8H2,1H3,(H,20,21). The van der Waals surface area contributed by atoms with Gasteiger partial charge < -0.3 is 5.32 Å². The van der Waals surface area contributed by atoms with Crippen molar-refractivity contribution in [2.45, 2.75) is 45.1 Å². The number of hydrogen-bond acceptors (Lipinski definition) is 3. The number of rotatable bonds is 3. The molecule has 1 aromatic carbocycles. The first-order valence-electron chi connectivity index (χ1n) is 7.84. The summed E-state index contributed by atoms with van der Waals surface area (Å²) in [6, 6.07) is 12.4. The lowest BCUT2D eigenvalue weighted by Gasteiger charge is -2.28. The van der Waals surface area contributed by atoms with Crippen molar-refractivity contribution in [3.05, 3.63) is 35.9 Å². The Labute approximate surface area is 126 Å². The number of hydrogen-bond donors (Lipinski definition) is 1. The zero-order chi connectivity index (χ0) is 14.7. The molecule has 0 spiro atoms. The van der Waals surface area contributed by atoms with E-state index >= 15 is 0 Å². The minimum Gasteiger partial charge on any atom is -0.367 e. The van der Waals surface area contributed by atoms with Crippen LogP contribution in [0.25, 0.3) is 10.9 Å². The van der Waals surface area contributed by atoms with Gasteiger partial charge in [-0.05, 0) is 37.8 Å². The summed E-state index contributed by atoms with van der Waals surface area (Å²) in [6.45, 7) is 2.24. The summed E-state index contributed by atoms with van der Waals surface area (Å²) in [6.07, 6.45) is 6.65. The summed E-state index contributed by atoms with van der Waals surface area (Å²) in [5, 5.41) is 13.8. The molecule has 1 aromatic heterocycles. The first kappa shape index (κ1) is 13.9. The zero-order valence-corrected chi connectivity index (χ0v) is 12.5. The van der Waals surface area contributed by atoms with Gasteiger partial charge in [-0.25, -0.2) is 4.98 Å². The van der Waals surface area contributed by atoms with Crippen LogP contribution in [0.15, 0.2) is 30.3 Å². The number of fused-ring (bicyclic) bond motifs is 1. The monoisotopic (exact) mass is 279 g/mol. The van der Waals surface area contributed by atoms with E-state index < -0.39 is 0 Å². The van der Waals surface area contributed by atoms with Gasteiger partial charge in [-0.3, -0.25) is 0 Å². The fraction of sp³-hybridized carbons (Fsp3) is 0.444. The van der Waals surface area contributed by atoms with Crippen LogP contribution in [0.3, 0.4) is 0 Å². The Balaban J connectivity index is 1.85. The number of nitrogens with one attached hydrogen (secondary N) is 1. The first-order chi connectivity index (χ1) is 10.3. The van der Waals surface area contributed by atoms with Crippen molar-refractivity contribution in [2.24, 2.45) is 5.92 Å². The van der Waals surface area contributed by atoms with Crippen molar-refractivity contribution in [3.8, 4) is 6.07 Å². The predicted octanol–water partition coefficient (Wildman–Crippen LogP) is 4.49. The molecule has 1 saturated carbocycles. The number of anilines is 1. The van der Waals surface area contributed by atoms with Crippen molar-refractivity contribution < 1.29 is 0 Å². The molecule has 0 saturated heterocycles. The van der Waals surface area contributed by atoms with Crippen LogP contribution in [0.4, 0.5) is 5.82 Å². The molecule has 1 aliphatic rings. The summed E-state index contributed by atoms with van der Waals surface area (Å²) in [5.41, 5.74) is 1.58. The van der Waals surface area contributed by atoms with E-state index in [2.05, 4.69) is 23.3 Å². The molecule has 1 N–H and O–H groups in total. The molecular weight excluding hydrogens is 258 g/mol. The largest absolute Gasteiger partial charge is 0.367 e. The van der Waals surface area contributed by atoms with Crippen LogP contribution in [0, 0.1) is 17.2 Å². The molecule has 1 fully saturated rings. The van der Waals surface area contributed by atoms with E-state index in [9.17, 15) is 5.26 Å². The normalized spacial score (nSPS) is 17.3. The van der Waals surface area contributed by atoms with Crippen LogP contribution in [-0.2, 0) is 0 Å². The van der Waals surface area contributed by atoms with Gasteiger partial charge in [-0.15, -0.1) is 0 Å². The maximum absolute atomic E-state index is 9.34. The van der Waals surface area contributed by atoms with E-state index in [1.807, 2.05) is 30.3 Å². The van der Waals surface area contributed by atoms with Crippen LogP contribution in [0.5, 0.6) is 0 Å². The summed E-state index contributed by atoms with van der Waals surface area (Å²) in [5.74, 6) is 1.54. The summed E-state index contributed by atoms with van der Waals surface area (Å²) in [7, 11) is 0. The minimum absolute atomic E-state index is 0.408. The van der Waals surface area contributed by atoms with E-state index in [4.69, 9.17) is 0 Å². The summed E-state index contributed by atoms with van der Waals surface area (Å²) < 4.78 is 0. The molecule has 0 amide bonds. The molecule has 1 heterocycles. The highest BCUT2D eigenvalue weighted by Crippen LogP contribution is 2.28. The number of nitriles is 1. The smallest absolute Gasteiger partial charge is 0.128 e. The fourth-order valence-electron chi connectivity index (χ4n) is 3.33. The second-order valence-corrected chi connectivity index (χ2v) is 6.02. The van der Waals surface area contributed by atoms with Gasteiger partial charge in [0.15, 0.2) is 0 Å². The Hall–Kier alpha value is -2.08. The lowest BCUT2D eigenvalue weighted by Crippen LogP contribution is -2.28. The number of nitrogens with zero attached hydrogens (tertiary/aromatic N) is 2. The molecule has 0 aliphatic heterocycles. The number of para-hydroxylation sites is 1. The van der Waals surface area contributed by atoms with Crippen molar-refractivity contribution in [1.82, 2.24) is 4.98 Å². The topological polar surface area (TPSA) is 48.7 Å². The molecule has 3 heteroatoms. The second-order valence-electron chi connectivity index (χ2n) is 6.02. The molecule has 1 aliphatic carbocycles. The van der Waals surface area contributed by atoms with Gasteiger partial charge in [0.1, 0.15) is 5.82 Å². The van der Waals surface area contributed by atoms with Crippen LogP contribution in [0.1, 0.15) is 44.6 Å². The van der Waals surface area contributed by atoms with Crippen LogP contribution in [-0.4, -0.2) is 11.0 Å². The molecule has 2 aromatic rings. The Morgan fingerprint density at radius 2 is 2.00 bits per heavy atom. The van der Waals surface area contributed by atoms with Gasteiger partial charge in [0.2, 0.25) is 0 Å². The molecule has 0 radical (unpaired) electrons. The Bertz CT molecular complexity index is 666. The van der Waals surface area contributed by atoms with Gasteiger partial charge in [0.25, 0.3) is 0 Å². The van der Waals surface area contributed by atoms with E-state index in [-0.39, 0.29) is 0 Å². The predicted molar refractivity (Wildman–Crippen MR) is 86.1 cm³/mol. The highest BCUT2D eigenvalue weighted by atomic mass is 15.0. The summed E-state index contributed by atoms with van der Waals surface area (Å²) >= 11 is 0. The maximum Gasteiger partial charge on any atom is 0.128 e. The SMILES string of the molecule is CC(Nc1cc(C#N)c2ccccc2n1)C1CCCCC1. The minimum atomic E-state index is 0.408. The number of benzene rings is 1. The van der Waals surface area contributed by atoms with Crippen molar-refractivity contribution >= 4 is 16.7 Å². The highest BCUT2D eigenvalue weighted by Gasteiger charge is 2.20. The quantitative estimate of drug-likeness (QED) is 0.900. The molecule has 1 unspecified atom stereocenters. The van der Waals surface area contributed by atoms with Crippen molar-refractivity contribution in [3.63, 3.8) is 0 Å². The molecule has 108 valence electrons. The molecule has 3 rings (SSSR count). The fourth-order valence-corrected chi connectivity index (χ4v) is 3.33. The molecule has 21 heavy (non-hydrogen) atoms. The molecule has 3 nitrogen and oxygen atoms in total. The summed E-state index contributed by atoms with van der Waals surface area (Å²) in [4.78, 5) is 4.66. The third-order valence-corrected chi connectivity index (χ3v) is 4.57. The van der Waals surface area contributed by atoms with Crippen LogP contribution < -0.4 is 5.32 Å². The highest BCUT2D eigenvalue weighted by molar-refractivity contribution is 5.86. The van der Waals surface area contributed by atoms with Gasteiger partial charge >= 0.3 is 0 Å². The van der Waals surface area contributed by atoms with Gasteiger partial charge in [0, 0.05) is 11.4 Å². The third-order valence-electron chi connectivity index (χ3n) is 4.57. The zero-order valence-electron chi connectivity index (χ0n) is 12.5. The number of pyridine rings is 1. The lowest BCUT2D eigenvalue weighted by molar-refractivity contribution is 0.328. The van der Waals surface area contributed by atoms with Crippen LogP contribution >= 0.6 is 0 Å². The van der Waals surface area contributed by atoms with E-state index in [1.165, 1.54) is 32.1 Å². The molecular formula is C18H21N3. The van der Waals surface area contributed by atoms with Gasteiger partial charge in [-0.2, -0.15) is 5.26 Å². The number of aromatic nitrogens is 1. The Morgan fingerprint density at radius 1 is 1.24 bits per heavy atom. The lowest BCUT2D eigenvalue weighted by atomic mass is 9.84. The Morgan fingerprint density at radius 3 is 2.76 bits per heavy atom. The van der Waals surface area contributed by atoms with Crippen molar-refractivity contribution in [1.29, 1.82) is 5.26 Å². The first-order valence-corrected chi connectivity index (χ1v) is 7.84.